The molecule has 0 bridgehead atoms. The van der Waals surface area contributed by atoms with E-state index in [1.165, 1.54) is 24.5 Å². The summed E-state index contributed by atoms with van der Waals surface area (Å²) in [7, 11) is 1.52. The van der Waals surface area contributed by atoms with Crippen LogP contribution in [0.25, 0.3) is 10.6 Å². The van der Waals surface area contributed by atoms with Gasteiger partial charge < -0.3 is 20.3 Å². The van der Waals surface area contributed by atoms with Gasteiger partial charge >= 0.3 is 0 Å². The van der Waals surface area contributed by atoms with E-state index in [9.17, 15) is 9.18 Å². The van der Waals surface area contributed by atoms with Crippen LogP contribution in [0, 0.1) is 5.82 Å². The second-order valence-electron chi connectivity index (χ2n) is 6.59. The first kappa shape index (κ1) is 19.4. The zero-order valence-electron chi connectivity index (χ0n) is 15.9. The third kappa shape index (κ3) is 4.23. The molecule has 1 amide bonds. The van der Waals surface area contributed by atoms with E-state index in [0.29, 0.717) is 16.3 Å². The number of hydrogen-bond acceptors (Lipinski definition) is 6. The van der Waals surface area contributed by atoms with Crippen LogP contribution >= 0.6 is 11.3 Å². The number of halogens is 1. The highest BCUT2D eigenvalue weighted by Gasteiger charge is 2.18. The van der Waals surface area contributed by atoms with Crippen molar-refractivity contribution in [3.8, 4) is 16.3 Å². The third-order valence-electron chi connectivity index (χ3n) is 4.75. The largest absolute Gasteiger partial charge is 0.497 e. The number of benzene rings is 2. The minimum atomic E-state index is -0.406. The lowest BCUT2D eigenvalue weighted by atomic mass is 10.2. The van der Waals surface area contributed by atoms with Crippen LogP contribution in [-0.4, -0.2) is 44.2 Å². The molecule has 1 fully saturated rings. The van der Waals surface area contributed by atoms with Gasteiger partial charge in [-0.3, -0.25) is 4.79 Å². The van der Waals surface area contributed by atoms with Gasteiger partial charge in [0.2, 0.25) is 0 Å². The maximum Gasteiger partial charge on any atom is 0.275 e. The Morgan fingerprint density at radius 3 is 2.83 bits per heavy atom. The first-order chi connectivity index (χ1) is 14.2. The number of nitrogens with one attached hydrogen (secondary N) is 2. The molecule has 2 N–H and O–H groups in total. The zero-order chi connectivity index (χ0) is 20.2. The molecule has 2 aromatic carbocycles. The molecule has 1 aliphatic rings. The van der Waals surface area contributed by atoms with Crippen molar-refractivity contribution in [2.45, 2.75) is 0 Å². The van der Waals surface area contributed by atoms with Crippen molar-refractivity contribution < 1.29 is 13.9 Å². The van der Waals surface area contributed by atoms with Gasteiger partial charge in [0, 0.05) is 37.1 Å². The lowest BCUT2D eigenvalue weighted by molar-refractivity contribution is 0.102. The van der Waals surface area contributed by atoms with Gasteiger partial charge in [-0.15, -0.1) is 11.3 Å². The molecule has 1 aromatic heterocycles. The number of amides is 1. The first-order valence-corrected chi connectivity index (χ1v) is 10.2. The van der Waals surface area contributed by atoms with E-state index in [1.54, 1.807) is 17.5 Å². The van der Waals surface area contributed by atoms with E-state index in [-0.39, 0.29) is 11.6 Å². The summed E-state index contributed by atoms with van der Waals surface area (Å²) in [5, 5.41) is 8.34. The van der Waals surface area contributed by atoms with E-state index in [0.717, 1.165) is 37.6 Å². The standard InChI is InChI=1S/C21H21FN4O2S/c1-28-14-6-7-16(22)15(12-14)21-25-18(13-29-21)20(27)24-17-4-2-3-5-19(17)26-10-8-23-9-11-26/h2-7,12-13,23H,8-11H2,1H3,(H,24,27). The maximum absolute atomic E-state index is 14.2. The number of rotatable bonds is 5. The second-order valence-corrected chi connectivity index (χ2v) is 7.45. The van der Waals surface area contributed by atoms with Crippen molar-refractivity contribution in [3.05, 3.63) is 59.4 Å². The molecule has 1 aliphatic heterocycles. The van der Waals surface area contributed by atoms with Crippen LogP contribution in [0.15, 0.2) is 47.8 Å². The van der Waals surface area contributed by atoms with Crippen molar-refractivity contribution in [3.63, 3.8) is 0 Å². The lowest BCUT2D eigenvalue weighted by Crippen LogP contribution is -2.43. The fraction of sp³-hybridized carbons (Fsp3) is 0.238. The molecule has 150 valence electrons. The van der Waals surface area contributed by atoms with E-state index >= 15 is 0 Å². The summed E-state index contributed by atoms with van der Waals surface area (Å²) in [5.41, 5.74) is 2.29. The number of anilines is 2. The summed E-state index contributed by atoms with van der Waals surface area (Å²) in [6.07, 6.45) is 0. The van der Waals surface area contributed by atoms with Gasteiger partial charge in [0.05, 0.1) is 18.5 Å². The predicted octanol–water partition coefficient (Wildman–Crippen LogP) is 3.62. The van der Waals surface area contributed by atoms with Gasteiger partial charge in [-0.25, -0.2) is 9.37 Å². The number of para-hydroxylation sites is 2. The predicted molar refractivity (Wildman–Crippen MR) is 114 cm³/mol. The number of ether oxygens (including phenoxy) is 1. The number of carbonyl (C=O) groups excluding carboxylic acids is 1. The molecule has 2 heterocycles. The topological polar surface area (TPSA) is 66.5 Å². The zero-order valence-corrected chi connectivity index (χ0v) is 16.8. The number of nitrogens with zero attached hydrogens (tertiary/aromatic N) is 2. The quantitative estimate of drug-likeness (QED) is 0.670. The molecule has 0 aliphatic carbocycles. The Morgan fingerprint density at radius 1 is 1.24 bits per heavy atom. The van der Waals surface area contributed by atoms with Gasteiger partial charge in [0.15, 0.2) is 0 Å². The number of aromatic nitrogens is 1. The molecule has 1 saturated heterocycles. The molecule has 6 nitrogen and oxygen atoms in total. The van der Waals surface area contributed by atoms with Gasteiger partial charge in [0.1, 0.15) is 22.3 Å². The number of carbonyl (C=O) groups is 1. The highest BCUT2D eigenvalue weighted by atomic mass is 32.1. The maximum atomic E-state index is 14.2. The summed E-state index contributed by atoms with van der Waals surface area (Å²) in [4.78, 5) is 19.4. The summed E-state index contributed by atoms with van der Waals surface area (Å²) in [6.45, 7) is 3.57. The molecular formula is C21H21FN4O2S. The van der Waals surface area contributed by atoms with Crippen molar-refractivity contribution >= 4 is 28.6 Å². The smallest absolute Gasteiger partial charge is 0.275 e. The molecule has 0 atom stereocenters. The third-order valence-corrected chi connectivity index (χ3v) is 5.63. The first-order valence-electron chi connectivity index (χ1n) is 9.31. The Balaban J connectivity index is 1.55. The number of methoxy groups -OCH3 is 1. The van der Waals surface area contributed by atoms with Crippen LogP contribution in [0.4, 0.5) is 15.8 Å². The van der Waals surface area contributed by atoms with Crippen molar-refractivity contribution in [1.29, 1.82) is 0 Å². The van der Waals surface area contributed by atoms with Gasteiger partial charge in [0.25, 0.3) is 5.91 Å². The van der Waals surface area contributed by atoms with Crippen molar-refractivity contribution in [2.24, 2.45) is 0 Å². The monoisotopic (exact) mass is 412 g/mol. The van der Waals surface area contributed by atoms with Crippen LogP contribution < -0.4 is 20.3 Å². The van der Waals surface area contributed by atoms with E-state index < -0.39 is 5.82 Å². The average molecular weight is 412 g/mol. The van der Waals surface area contributed by atoms with Crippen LogP contribution in [0.2, 0.25) is 0 Å². The van der Waals surface area contributed by atoms with E-state index in [4.69, 9.17) is 4.74 Å². The SMILES string of the molecule is COc1ccc(F)c(-c2nc(C(=O)Nc3ccccc3N3CCNCC3)cs2)c1. The molecular weight excluding hydrogens is 391 g/mol. The molecule has 29 heavy (non-hydrogen) atoms. The molecule has 4 rings (SSSR count). The molecule has 0 spiro atoms. The molecule has 8 heteroatoms. The van der Waals surface area contributed by atoms with Gasteiger partial charge in [-0.05, 0) is 30.3 Å². The summed E-state index contributed by atoms with van der Waals surface area (Å²) >= 11 is 1.22. The summed E-state index contributed by atoms with van der Waals surface area (Å²) in [6, 6.07) is 12.2. The Bertz CT molecular complexity index is 1020. The number of piperazine rings is 1. The van der Waals surface area contributed by atoms with Crippen LogP contribution in [0.1, 0.15) is 10.5 Å². The highest BCUT2D eigenvalue weighted by molar-refractivity contribution is 7.13. The number of thiazole rings is 1. The van der Waals surface area contributed by atoms with E-state index in [2.05, 4.69) is 20.5 Å². The van der Waals surface area contributed by atoms with E-state index in [1.807, 2.05) is 24.3 Å². The Morgan fingerprint density at radius 2 is 2.03 bits per heavy atom. The Labute approximate surface area is 172 Å². The summed E-state index contributed by atoms with van der Waals surface area (Å²) < 4.78 is 19.4. The van der Waals surface area contributed by atoms with Crippen LogP contribution in [0.5, 0.6) is 5.75 Å². The van der Waals surface area contributed by atoms with Crippen LogP contribution in [0.3, 0.4) is 0 Å². The fourth-order valence-corrected chi connectivity index (χ4v) is 4.06. The molecule has 0 radical (unpaired) electrons. The number of hydrogen-bond donors (Lipinski definition) is 2. The van der Waals surface area contributed by atoms with Crippen LogP contribution in [-0.2, 0) is 0 Å². The summed E-state index contributed by atoms with van der Waals surface area (Å²) in [5.74, 6) is -0.192. The second kappa shape index (κ2) is 8.59. The molecule has 0 unspecified atom stereocenters. The molecule has 0 saturated carbocycles. The van der Waals surface area contributed by atoms with Crippen molar-refractivity contribution in [2.75, 3.05) is 43.5 Å². The van der Waals surface area contributed by atoms with Gasteiger partial charge in [-0.1, -0.05) is 12.1 Å². The Hall–Kier alpha value is -2.97. The minimum absolute atomic E-state index is 0.252. The average Bonchev–Trinajstić information content (AvgIpc) is 3.25. The van der Waals surface area contributed by atoms with Gasteiger partial charge in [-0.2, -0.15) is 0 Å². The van der Waals surface area contributed by atoms with Crippen molar-refractivity contribution in [1.82, 2.24) is 10.3 Å². The Kier molecular flexibility index (Phi) is 5.73. The molecule has 3 aromatic rings. The lowest BCUT2D eigenvalue weighted by Gasteiger charge is -2.31. The highest BCUT2D eigenvalue weighted by Crippen LogP contribution is 2.31. The fourth-order valence-electron chi connectivity index (χ4n) is 3.24. The minimum Gasteiger partial charge on any atom is -0.497 e. The normalized spacial score (nSPS) is 13.9.